The first-order chi connectivity index (χ1) is 11.5. The number of halogens is 1. The number of nitrogens with zero attached hydrogens (tertiary/aromatic N) is 1. The Morgan fingerprint density at radius 1 is 1.00 bits per heavy atom. The molecule has 2 aromatic carbocycles. The van der Waals surface area contributed by atoms with E-state index in [1.165, 1.54) is 0 Å². The topological polar surface area (TPSA) is 49.4 Å². The summed E-state index contributed by atoms with van der Waals surface area (Å²) >= 11 is 5.92. The normalized spacial score (nSPS) is 13.8. The van der Waals surface area contributed by atoms with Gasteiger partial charge in [-0.2, -0.15) is 0 Å². The van der Waals surface area contributed by atoms with Crippen LogP contribution in [0.4, 0.5) is 5.69 Å². The first-order valence-electron chi connectivity index (χ1n) is 8.01. The average Bonchev–Trinajstić information content (AvgIpc) is 3.11. The van der Waals surface area contributed by atoms with Crippen LogP contribution in [-0.2, 0) is 0 Å². The zero-order valence-electron chi connectivity index (χ0n) is 13.5. The third-order valence-corrected chi connectivity index (χ3v) is 4.46. The van der Waals surface area contributed by atoms with Gasteiger partial charge in [-0.25, -0.2) is 0 Å². The van der Waals surface area contributed by atoms with Crippen LogP contribution in [0.2, 0.25) is 5.02 Å². The van der Waals surface area contributed by atoms with E-state index in [2.05, 4.69) is 5.32 Å². The molecule has 0 bridgehead atoms. The van der Waals surface area contributed by atoms with E-state index in [4.69, 9.17) is 11.6 Å². The van der Waals surface area contributed by atoms with Gasteiger partial charge in [0.1, 0.15) is 0 Å². The number of carbonyl (C=O) groups excluding carboxylic acids is 2. The van der Waals surface area contributed by atoms with Crippen molar-refractivity contribution in [1.82, 2.24) is 4.90 Å². The number of hydrogen-bond donors (Lipinski definition) is 1. The van der Waals surface area contributed by atoms with Gasteiger partial charge in [-0.3, -0.25) is 9.59 Å². The molecule has 0 unspecified atom stereocenters. The van der Waals surface area contributed by atoms with Crippen molar-refractivity contribution in [3.8, 4) is 0 Å². The third kappa shape index (κ3) is 3.60. The zero-order valence-corrected chi connectivity index (χ0v) is 14.3. The molecule has 3 rings (SSSR count). The summed E-state index contributed by atoms with van der Waals surface area (Å²) in [7, 11) is 0. The predicted molar refractivity (Wildman–Crippen MR) is 95.7 cm³/mol. The average molecular weight is 343 g/mol. The Morgan fingerprint density at radius 2 is 1.62 bits per heavy atom. The zero-order chi connectivity index (χ0) is 17.1. The summed E-state index contributed by atoms with van der Waals surface area (Å²) in [6.07, 6.45) is 2.12. The molecule has 0 aliphatic carbocycles. The SMILES string of the molecule is Cc1cc(Cl)ccc1NC(=O)c1ccc(C(=O)N2CCCC2)cc1. The first-order valence-corrected chi connectivity index (χ1v) is 8.39. The smallest absolute Gasteiger partial charge is 0.255 e. The maximum absolute atomic E-state index is 12.3. The molecule has 124 valence electrons. The van der Waals surface area contributed by atoms with Crippen LogP contribution in [0.1, 0.15) is 39.1 Å². The number of carbonyl (C=O) groups is 2. The highest BCUT2D eigenvalue weighted by Crippen LogP contribution is 2.20. The number of hydrogen-bond acceptors (Lipinski definition) is 2. The molecular formula is C19H19ClN2O2. The summed E-state index contributed by atoms with van der Waals surface area (Å²) in [6.45, 7) is 3.52. The highest BCUT2D eigenvalue weighted by atomic mass is 35.5. The minimum Gasteiger partial charge on any atom is -0.339 e. The number of aryl methyl sites for hydroxylation is 1. The van der Waals surface area contributed by atoms with Crippen LogP contribution in [-0.4, -0.2) is 29.8 Å². The van der Waals surface area contributed by atoms with Crippen LogP contribution < -0.4 is 5.32 Å². The number of benzene rings is 2. The van der Waals surface area contributed by atoms with Crippen molar-refractivity contribution >= 4 is 29.1 Å². The molecule has 2 amide bonds. The fourth-order valence-electron chi connectivity index (χ4n) is 2.83. The molecule has 2 aromatic rings. The van der Waals surface area contributed by atoms with Gasteiger partial charge in [-0.1, -0.05) is 11.6 Å². The molecule has 5 heteroatoms. The molecular weight excluding hydrogens is 324 g/mol. The number of anilines is 1. The predicted octanol–water partition coefficient (Wildman–Crippen LogP) is 4.14. The number of likely N-dealkylation sites (tertiary alicyclic amines) is 1. The van der Waals surface area contributed by atoms with Crippen molar-refractivity contribution in [3.63, 3.8) is 0 Å². The van der Waals surface area contributed by atoms with Crippen molar-refractivity contribution in [3.05, 3.63) is 64.2 Å². The molecule has 0 spiro atoms. The highest BCUT2D eigenvalue weighted by molar-refractivity contribution is 6.30. The molecule has 0 saturated carbocycles. The summed E-state index contributed by atoms with van der Waals surface area (Å²) < 4.78 is 0. The Kier molecular flexibility index (Phi) is 4.86. The monoisotopic (exact) mass is 342 g/mol. The largest absolute Gasteiger partial charge is 0.339 e. The number of rotatable bonds is 3. The third-order valence-electron chi connectivity index (χ3n) is 4.22. The summed E-state index contributed by atoms with van der Waals surface area (Å²) in [5.41, 5.74) is 2.76. The molecule has 1 N–H and O–H groups in total. The summed E-state index contributed by atoms with van der Waals surface area (Å²) in [4.78, 5) is 26.5. The van der Waals surface area contributed by atoms with Gasteiger partial charge in [-0.15, -0.1) is 0 Å². The summed E-state index contributed by atoms with van der Waals surface area (Å²) in [5.74, 6) is -0.173. The Bertz CT molecular complexity index is 765. The molecule has 24 heavy (non-hydrogen) atoms. The van der Waals surface area contributed by atoms with E-state index in [1.54, 1.807) is 42.5 Å². The van der Waals surface area contributed by atoms with Crippen LogP contribution >= 0.6 is 11.6 Å². The standard InChI is InChI=1S/C19H19ClN2O2/c1-13-12-16(20)8-9-17(13)21-18(23)14-4-6-15(7-5-14)19(24)22-10-2-3-11-22/h4-9,12H,2-3,10-11H2,1H3,(H,21,23). The van der Waals surface area contributed by atoms with Gasteiger partial charge in [0.15, 0.2) is 0 Å². The second-order valence-electron chi connectivity index (χ2n) is 5.99. The lowest BCUT2D eigenvalue weighted by Gasteiger charge is -2.15. The number of nitrogens with one attached hydrogen (secondary N) is 1. The van der Waals surface area contributed by atoms with Gasteiger partial charge in [0, 0.05) is 34.9 Å². The van der Waals surface area contributed by atoms with E-state index in [1.807, 2.05) is 11.8 Å². The van der Waals surface area contributed by atoms with E-state index in [0.29, 0.717) is 16.1 Å². The summed E-state index contributed by atoms with van der Waals surface area (Å²) in [5, 5.41) is 3.50. The second-order valence-corrected chi connectivity index (χ2v) is 6.43. The molecule has 4 nitrogen and oxygen atoms in total. The quantitative estimate of drug-likeness (QED) is 0.911. The minimum atomic E-state index is -0.208. The lowest BCUT2D eigenvalue weighted by molar-refractivity contribution is 0.0792. The minimum absolute atomic E-state index is 0.0352. The van der Waals surface area contributed by atoms with Crippen molar-refractivity contribution in [2.45, 2.75) is 19.8 Å². The van der Waals surface area contributed by atoms with Crippen LogP contribution in [0.5, 0.6) is 0 Å². The molecule has 0 aromatic heterocycles. The van der Waals surface area contributed by atoms with E-state index in [0.717, 1.165) is 37.2 Å². The summed E-state index contributed by atoms with van der Waals surface area (Å²) in [6, 6.07) is 12.1. The van der Waals surface area contributed by atoms with Crippen molar-refractivity contribution in [2.24, 2.45) is 0 Å². The van der Waals surface area contributed by atoms with Gasteiger partial charge in [0.25, 0.3) is 11.8 Å². The van der Waals surface area contributed by atoms with Crippen molar-refractivity contribution < 1.29 is 9.59 Å². The van der Waals surface area contributed by atoms with Gasteiger partial charge < -0.3 is 10.2 Å². The molecule has 1 saturated heterocycles. The number of amides is 2. The van der Waals surface area contributed by atoms with E-state index >= 15 is 0 Å². The van der Waals surface area contributed by atoms with Crippen LogP contribution in [0.15, 0.2) is 42.5 Å². The Hall–Kier alpha value is -2.33. The van der Waals surface area contributed by atoms with Crippen molar-refractivity contribution in [2.75, 3.05) is 18.4 Å². The van der Waals surface area contributed by atoms with Gasteiger partial charge in [0.2, 0.25) is 0 Å². The molecule has 1 aliphatic rings. The van der Waals surface area contributed by atoms with Crippen molar-refractivity contribution in [1.29, 1.82) is 0 Å². The lowest BCUT2D eigenvalue weighted by atomic mass is 10.1. The van der Waals surface area contributed by atoms with Crippen LogP contribution in [0.25, 0.3) is 0 Å². The molecule has 0 atom stereocenters. The van der Waals surface area contributed by atoms with E-state index in [9.17, 15) is 9.59 Å². The maximum atomic E-state index is 12.3. The Labute approximate surface area is 146 Å². The lowest BCUT2D eigenvalue weighted by Crippen LogP contribution is -2.27. The van der Waals surface area contributed by atoms with Crippen LogP contribution in [0.3, 0.4) is 0 Å². The van der Waals surface area contributed by atoms with E-state index in [-0.39, 0.29) is 11.8 Å². The second kappa shape index (κ2) is 7.05. The van der Waals surface area contributed by atoms with E-state index < -0.39 is 0 Å². The molecule has 1 heterocycles. The maximum Gasteiger partial charge on any atom is 0.255 e. The Morgan fingerprint density at radius 3 is 2.25 bits per heavy atom. The van der Waals surface area contributed by atoms with Gasteiger partial charge >= 0.3 is 0 Å². The first kappa shape index (κ1) is 16.5. The molecule has 0 radical (unpaired) electrons. The fourth-order valence-corrected chi connectivity index (χ4v) is 3.06. The van der Waals surface area contributed by atoms with Crippen LogP contribution in [0, 0.1) is 6.92 Å². The molecule has 1 aliphatic heterocycles. The highest BCUT2D eigenvalue weighted by Gasteiger charge is 2.19. The fraction of sp³-hybridized carbons (Fsp3) is 0.263. The van der Waals surface area contributed by atoms with Gasteiger partial charge in [-0.05, 0) is 67.8 Å². The Balaban J connectivity index is 1.70. The molecule has 1 fully saturated rings. The van der Waals surface area contributed by atoms with Gasteiger partial charge in [0.05, 0.1) is 0 Å².